The third kappa shape index (κ3) is 4.07. The van der Waals surface area contributed by atoms with E-state index >= 15 is 0 Å². The van der Waals surface area contributed by atoms with E-state index in [0.29, 0.717) is 24.7 Å². The number of aryl methyl sites for hydroxylation is 1. The number of carbonyl (C=O) groups excluding carboxylic acids is 2. The molecule has 1 saturated carbocycles. The van der Waals surface area contributed by atoms with Crippen LogP contribution in [-0.2, 0) is 16.2 Å². The van der Waals surface area contributed by atoms with Gasteiger partial charge in [-0.2, -0.15) is 10.1 Å². The Kier molecular flexibility index (Phi) is 5.99. The number of halogens is 1. The van der Waals surface area contributed by atoms with Gasteiger partial charge in [-0.1, -0.05) is 42.0 Å². The number of imide groups is 1. The number of hydrogen-bond donors (Lipinski definition) is 0. The molecule has 5 rings (SSSR count). The number of fused-ring (bicyclic) bond motifs is 5. The molecule has 0 aromatic heterocycles. The van der Waals surface area contributed by atoms with E-state index in [4.69, 9.17) is 9.47 Å². The summed E-state index contributed by atoms with van der Waals surface area (Å²) >= 11 is 2.21. The summed E-state index contributed by atoms with van der Waals surface area (Å²) in [7, 11) is 0. The monoisotopic (exact) mass is 556 g/mol. The summed E-state index contributed by atoms with van der Waals surface area (Å²) in [6.45, 7) is 4.89. The molecule has 6 nitrogen and oxygen atoms in total. The molecule has 1 saturated heterocycles. The number of benzene rings is 2. The number of ether oxygens (including phenoxy) is 2. The highest BCUT2D eigenvalue weighted by Crippen LogP contribution is 2.52. The first kappa shape index (κ1) is 22.1. The SMILES string of the molecule is CCOc1cc(C=NN2C(=O)[C@@H]3[C@H](C2=O)[C@H]2C=C[C@H]3C2)cc(I)c1OCc1cccc(C)c1. The first-order valence-corrected chi connectivity index (χ1v) is 12.3. The first-order valence-electron chi connectivity index (χ1n) is 11.2. The van der Waals surface area contributed by atoms with Crippen molar-refractivity contribution in [3.8, 4) is 11.5 Å². The Balaban J connectivity index is 1.35. The molecule has 2 aromatic carbocycles. The van der Waals surface area contributed by atoms with Crippen LogP contribution in [0.15, 0.2) is 53.7 Å². The average molecular weight is 556 g/mol. The molecule has 0 unspecified atom stereocenters. The average Bonchev–Trinajstić information content (AvgIpc) is 3.46. The highest BCUT2D eigenvalue weighted by atomic mass is 127. The molecule has 0 radical (unpaired) electrons. The fourth-order valence-electron chi connectivity index (χ4n) is 5.15. The number of amides is 2. The summed E-state index contributed by atoms with van der Waals surface area (Å²) < 4.78 is 12.8. The molecular formula is C26H25IN2O4. The molecule has 0 N–H and O–H groups in total. The number of hydrazone groups is 1. The van der Waals surface area contributed by atoms with Gasteiger partial charge in [0.1, 0.15) is 6.61 Å². The molecule has 4 atom stereocenters. The van der Waals surface area contributed by atoms with Crippen LogP contribution in [0, 0.1) is 34.2 Å². The highest BCUT2D eigenvalue weighted by Gasteiger charge is 2.59. The van der Waals surface area contributed by atoms with Gasteiger partial charge in [0.15, 0.2) is 11.5 Å². The van der Waals surface area contributed by atoms with E-state index in [-0.39, 0.29) is 35.5 Å². The molecule has 0 spiro atoms. The summed E-state index contributed by atoms with van der Waals surface area (Å²) in [4.78, 5) is 25.7. The van der Waals surface area contributed by atoms with E-state index in [1.54, 1.807) is 6.21 Å². The van der Waals surface area contributed by atoms with Crippen LogP contribution in [0.5, 0.6) is 11.5 Å². The Labute approximate surface area is 206 Å². The molecule has 2 bridgehead atoms. The van der Waals surface area contributed by atoms with Crippen molar-refractivity contribution in [1.82, 2.24) is 5.01 Å². The number of nitrogens with zero attached hydrogens (tertiary/aromatic N) is 2. The van der Waals surface area contributed by atoms with E-state index in [9.17, 15) is 9.59 Å². The van der Waals surface area contributed by atoms with Crippen molar-refractivity contribution in [3.05, 3.63) is 68.8 Å². The Morgan fingerprint density at radius 2 is 1.82 bits per heavy atom. The van der Waals surface area contributed by atoms with Crippen molar-refractivity contribution in [2.24, 2.45) is 28.8 Å². The quantitative estimate of drug-likeness (QED) is 0.214. The van der Waals surface area contributed by atoms with Crippen molar-refractivity contribution >= 4 is 40.6 Å². The van der Waals surface area contributed by atoms with Gasteiger partial charge in [0.2, 0.25) is 0 Å². The lowest BCUT2D eigenvalue weighted by Gasteiger charge is -2.15. The van der Waals surface area contributed by atoms with Crippen LogP contribution in [0.25, 0.3) is 0 Å². The summed E-state index contributed by atoms with van der Waals surface area (Å²) in [5.41, 5.74) is 3.00. The van der Waals surface area contributed by atoms with E-state index in [2.05, 4.69) is 58.9 Å². The zero-order valence-electron chi connectivity index (χ0n) is 18.5. The molecule has 33 heavy (non-hydrogen) atoms. The smallest absolute Gasteiger partial charge is 0.254 e. The van der Waals surface area contributed by atoms with E-state index < -0.39 is 0 Å². The third-order valence-electron chi connectivity index (χ3n) is 6.57. The second kappa shape index (κ2) is 8.93. The Bertz CT molecular complexity index is 1140. The van der Waals surface area contributed by atoms with Gasteiger partial charge >= 0.3 is 0 Å². The van der Waals surface area contributed by atoms with Gasteiger partial charge in [0.25, 0.3) is 11.8 Å². The summed E-state index contributed by atoms with van der Waals surface area (Å²) in [5.74, 6) is 0.756. The summed E-state index contributed by atoms with van der Waals surface area (Å²) in [6.07, 6.45) is 6.62. The molecule has 1 heterocycles. The van der Waals surface area contributed by atoms with Gasteiger partial charge in [-0.05, 0) is 78.0 Å². The number of hydrogen-bond acceptors (Lipinski definition) is 5. The Morgan fingerprint density at radius 1 is 1.09 bits per heavy atom. The third-order valence-corrected chi connectivity index (χ3v) is 7.37. The molecular weight excluding hydrogens is 531 g/mol. The first-order chi connectivity index (χ1) is 16.0. The van der Waals surface area contributed by atoms with Crippen LogP contribution >= 0.6 is 22.6 Å². The van der Waals surface area contributed by atoms with E-state index in [1.807, 2.05) is 31.2 Å². The fourth-order valence-corrected chi connectivity index (χ4v) is 5.93. The number of carbonyl (C=O) groups is 2. The van der Waals surface area contributed by atoms with Crippen LogP contribution in [0.4, 0.5) is 0 Å². The maximum absolute atomic E-state index is 12.9. The van der Waals surface area contributed by atoms with Crippen LogP contribution in [0.2, 0.25) is 0 Å². The molecule has 2 aliphatic carbocycles. The van der Waals surface area contributed by atoms with Crippen LogP contribution in [0.3, 0.4) is 0 Å². The van der Waals surface area contributed by atoms with E-state index in [0.717, 1.165) is 26.1 Å². The number of allylic oxidation sites excluding steroid dienone is 2. The lowest BCUT2D eigenvalue weighted by Crippen LogP contribution is -2.28. The normalized spacial score (nSPS) is 25.4. The Morgan fingerprint density at radius 3 is 2.48 bits per heavy atom. The van der Waals surface area contributed by atoms with Crippen LogP contribution in [0.1, 0.15) is 30.0 Å². The minimum absolute atomic E-state index is 0.173. The molecule has 170 valence electrons. The zero-order valence-corrected chi connectivity index (χ0v) is 20.7. The van der Waals surface area contributed by atoms with Crippen molar-refractivity contribution in [1.29, 1.82) is 0 Å². The summed E-state index contributed by atoms with van der Waals surface area (Å²) in [6, 6.07) is 11.9. The minimum atomic E-state index is -0.249. The molecule has 2 amide bonds. The predicted octanol–water partition coefficient (Wildman–Crippen LogP) is 4.72. The lowest BCUT2D eigenvalue weighted by atomic mass is 9.85. The van der Waals surface area contributed by atoms with Gasteiger partial charge in [-0.3, -0.25) is 9.59 Å². The summed E-state index contributed by atoms with van der Waals surface area (Å²) in [5, 5.41) is 5.36. The van der Waals surface area contributed by atoms with Crippen molar-refractivity contribution in [2.45, 2.75) is 26.9 Å². The molecule has 1 aliphatic heterocycles. The fraction of sp³-hybridized carbons (Fsp3) is 0.346. The van der Waals surface area contributed by atoms with Gasteiger partial charge in [-0.15, -0.1) is 0 Å². The molecule has 3 aliphatic rings. The Hall–Kier alpha value is -2.68. The lowest BCUT2D eigenvalue weighted by molar-refractivity contribution is -0.140. The van der Waals surface area contributed by atoms with Crippen molar-refractivity contribution in [2.75, 3.05) is 6.61 Å². The number of rotatable bonds is 7. The van der Waals surface area contributed by atoms with E-state index in [1.165, 1.54) is 5.56 Å². The molecule has 2 aromatic rings. The van der Waals surface area contributed by atoms with Crippen molar-refractivity contribution < 1.29 is 19.1 Å². The zero-order chi connectivity index (χ0) is 23.1. The van der Waals surface area contributed by atoms with Gasteiger partial charge in [0, 0.05) is 0 Å². The topological polar surface area (TPSA) is 68.2 Å². The van der Waals surface area contributed by atoms with Gasteiger partial charge in [0.05, 0.1) is 28.2 Å². The highest BCUT2D eigenvalue weighted by molar-refractivity contribution is 14.1. The molecule has 7 heteroatoms. The largest absolute Gasteiger partial charge is 0.490 e. The van der Waals surface area contributed by atoms with Crippen LogP contribution in [-0.4, -0.2) is 29.6 Å². The van der Waals surface area contributed by atoms with Gasteiger partial charge in [-0.25, -0.2) is 0 Å². The second-order valence-corrected chi connectivity index (χ2v) is 9.94. The van der Waals surface area contributed by atoms with Crippen LogP contribution < -0.4 is 9.47 Å². The van der Waals surface area contributed by atoms with Crippen molar-refractivity contribution in [3.63, 3.8) is 0 Å². The molecule has 2 fully saturated rings. The maximum Gasteiger partial charge on any atom is 0.254 e. The second-order valence-electron chi connectivity index (χ2n) is 8.77. The minimum Gasteiger partial charge on any atom is -0.490 e. The standard InChI is InChI=1S/C26H25IN2O4/c1-3-32-21-11-17(10-20(27)24(21)33-14-16-6-4-5-15(2)9-16)13-28-29-25(30)22-18-7-8-19(12-18)23(22)26(29)31/h4-11,13,18-19,22-23H,3,12,14H2,1-2H3/t18-,19-,22-,23+/m0/s1. The predicted molar refractivity (Wildman–Crippen MR) is 133 cm³/mol. The van der Waals surface area contributed by atoms with Gasteiger partial charge < -0.3 is 9.47 Å². The maximum atomic E-state index is 12.9.